The molecule has 0 radical (unpaired) electrons. The molecule has 1 rings (SSSR count). The topological polar surface area (TPSA) is 35.2 Å². The lowest BCUT2D eigenvalue weighted by molar-refractivity contribution is 0.0708. The van der Waals surface area contributed by atoms with Crippen LogP contribution in [0.15, 0.2) is 11.6 Å². The van der Waals surface area contributed by atoms with Gasteiger partial charge >= 0.3 is 0 Å². The largest absolute Gasteiger partial charge is 0.381 e. The van der Waals surface area contributed by atoms with E-state index in [0.29, 0.717) is 12.5 Å². The second-order valence-electron chi connectivity index (χ2n) is 3.19. The van der Waals surface area contributed by atoms with E-state index in [1.54, 1.807) is 0 Å². The fourth-order valence-corrected chi connectivity index (χ4v) is 1.37. The average molecular weight is 155 g/mol. The Hall–Kier alpha value is -0.340. The van der Waals surface area contributed by atoms with E-state index in [2.05, 4.69) is 13.0 Å². The van der Waals surface area contributed by atoms with Crippen molar-refractivity contribution in [3.05, 3.63) is 11.6 Å². The molecule has 0 aliphatic carbocycles. The van der Waals surface area contributed by atoms with Crippen molar-refractivity contribution < 1.29 is 4.74 Å². The van der Waals surface area contributed by atoms with Crippen molar-refractivity contribution in [2.45, 2.75) is 19.8 Å². The van der Waals surface area contributed by atoms with Crippen LogP contribution < -0.4 is 5.73 Å². The number of hydrogen-bond acceptors (Lipinski definition) is 2. The molecule has 1 saturated heterocycles. The molecule has 0 spiro atoms. The third kappa shape index (κ3) is 3.04. The Morgan fingerprint density at radius 3 is 3.09 bits per heavy atom. The van der Waals surface area contributed by atoms with Gasteiger partial charge in [0.15, 0.2) is 0 Å². The van der Waals surface area contributed by atoms with Gasteiger partial charge in [0.1, 0.15) is 0 Å². The maximum Gasteiger partial charge on any atom is 0.0528 e. The zero-order chi connectivity index (χ0) is 8.10. The molecule has 0 aromatic rings. The molecule has 1 heterocycles. The van der Waals surface area contributed by atoms with Crippen LogP contribution in [0.1, 0.15) is 19.8 Å². The summed E-state index contributed by atoms with van der Waals surface area (Å²) in [6.45, 7) is 4.58. The predicted octanol–water partition coefficient (Wildman–Crippen LogP) is 1.32. The third-order valence-corrected chi connectivity index (χ3v) is 2.04. The minimum Gasteiger partial charge on any atom is -0.381 e. The molecule has 0 bridgehead atoms. The van der Waals surface area contributed by atoms with Crippen LogP contribution in [0.25, 0.3) is 0 Å². The molecule has 2 heteroatoms. The van der Waals surface area contributed by atoms with Gasteiger partial charge in [0.05, 0.1) is 6.61 Å². The number of rotatable bonds is 2. The summed E-state index contributed by atoms with van der Waals surface area (Å²) in [5.41, 5.74) is 6.76. The fraction of sp³-hybridized carbons (Fsp3) is 0.778. The van der Waals surface area contributed by atoms with E-state index in [-0.39, 0.29) is 0 Å². The van der Waals surface area contributed by atoms with Gasteiger partial charge < -0.3 is 10.5 Å². The van der Waals surface area contributed by atoms with Crippen LogP contribution in [-0.4, -0.2) is 19.8 Å². The second-order valence-corrected chi connectivity index (χ2v) is 3.19. The molecule has 0 aromatic heterocycles. The van der Waals surface area contributed by atoms with Gasteiger partial charge in [-0.15, -0.1) is 0 Å². The van der Waals surface area contributed by atoms with Crippen molar-refractivity contribution in [1.29, 1.82) is 0 Å². The first-order chi connectivity index (χ1) is 5.33. The standard InChI is InChI=1S/C9H17NO/c1-8(6-10)5-9-3-2-4-11-7-9/h5,9H,2-4,6-7,10H2,1H3. The molecular weight excluding hydrogens is 138 g/mol. The van der Waals surface area contributed by atoms with Gasteiger partial charge in [0.2, 0.25) is 0 Å². The van der Waals surface area contributed by atoms with Crippen LogP contribution in [0.3, 0.4) is 0 Å². The van der Waals surface area contributed by atoms with E-state index in [1.165, 1.54) is 18.4 Å². The van der Waals surface area contributed by atoms with Crippen LogP contribution in [0.4, 0.5) is 0 Å². The highest BCUT2D eigenvalue weighted by molar-refractivity contribution is 5.02. The number of ether oxygens (including phenoxy) is 1. The highest BCUT2D eigenvalue weighted by atomic mass is 16.5. The van der Waals surface area contributed by atoms with E-state index in [4.69, 9.17) is 10.5 Å². The lowest BCUT2D eigenvalue weighted by atomic mass is 10.00. The van der Waals surface area contributed by atoms with E-state index >= 15 is 0 Å². The minimum atomic E-state index is 0.618. The first kappa shape index (κ1) is 8.75. The van der Waals surface area contributed by atoms with Crippen LogP contribution in [-0.2, 0) is 4.74 Å². The van der Waals surface area contributed by atoms with Gasteiger partial charge in [-0.3, -0.25) is 0 Å². The lowest BCUT2D eigenvalue weighted by Gasteiger charge is -2.19. The summed E-state index contributed by atoms with van der Waals surface area (Å²) >= 11 is 0. The number of hydrogen-bond donors (Lipinski definition) is 1. The molecule has 1 unspecified atom stereocenters. The molecule has 2 nitrogen and oxygen atoms in total. The molecule has 1 aliphatic rings. The summed E-state index contributed by atoms with van der Waals surface area (Å²) in [5.74, 6) is 0.618. The quantitative estimate of drug-likeness (QED) is 0.610. The monoisotopic (exact) mass is 155 g/mol. The maximum absolute atomic E-state index is 5.48. The summed E-state index contributed by atoms with van der Waals surface area (Å²) in [4.78, 5) is 0. The molecule has 0 aromatic carbocycles. The van der Waals surface area contributed by atoms with Gasteiger partial charge in [-0.2, -0.15) is 0 Å². The van der Waals surface area contributed by atoms with Crippen molar-refractivity contribution in [3.8, 4) is 0 Å². The Morgan fingerprint density at radius 1 is 1.73 bits per heavy atom. The van der Waals surface area contributed by atoms with Gasteiger partial charge in [-0.25, -0.2) is 0 Å². The molecule has 1 fully saturated rings. The summed E-state index contributed by atoms with van der Waals surface area (Å²) in [6.07, 6.45) is 4.70. The second kappa shape index (κ2) is 4.52. The van der Waals surface area contributed by atoms with E-state index in [0.717, 1.165) is 13.2 Å². The van der Waals surface area contributed by atoms with Crippen molar-refractivity contribution in [2.75, 3.05) is 19.8 Å². The average Bonchev–Trinajstić information content (AvgIpc) is 2.06. The summed E-state index contributed by atoms with van der Waals surface area (Å²) < 4.78 is 5.34. The zero-order valence-corrected chi connectivity index (χ0v) is 7.18. The van der Waals surface area contributed by atoms with E-state index < -0.39 is 0 Å². The van der Waals surface area contributed by atoms with Crippen molar-refractivity contribution in [1.82, 2.24) is 0 Å². The summed E-state index contributed by atoms with van der Waals surface area (Å²) in [7, 11) is 0. The van der Waals surface area contributed by atoms with Gasteiger partial charge in [-0.1, -0.05) is 11.6 Å². The zero-order valence-electron chi connectivity index (χ0n) is 7.18. The summed E-state index contributed by atoms with van der Waals surface area (Å²) in [6, 6.07) is 0. The molecule has 64 valence electrons. The van der Waals surface area contributed by atoms with Gasteiger partial charge in [-0.05, 0) is 19.8 Å². The molecule has 11 heavy (non-hydrogen) atoms. The molecule has 0 amide bonds. The van der Waals surface area contributed by atoms with Crippen LogP contribution in [0.2, 0.25) is 0 Å². The van der Waals surface area contributed by atoms with Crippen molar-refractivity contribution >= 4 is 0 Å². The molecule has 2 N–H and O–H groups in total. The predicted molar refractivity (Wildman–Crippen MR) is 46.4 cm³/mol. The maximum atomic E-state index is 5.48. The lowest BCUT2D eigenvalue weighted by Crippen LogP contribution is -2.16. The van der Waals surface area contributed by atoms with Gasteiger partial charge in [0, 0.05) is 19.1 Å². The third-order valence-electron chi connectivity index (χ3n) is 2.04. The SMILES string of the molecule is CC(=CC1CCCOC1)CN. The first-order valence-electron chi connectivity index (χ1n) is 4.28. The number of nitrogens with two attached hydrogens (primary N) is 1. The van der Waals surface area contributed by atoms with Gasteiger partial charge in [0.25, 0.3) is 0 Å². The molecule has 0 saturated carbocycles. The van der Waals surface area contributed by atoms with E-state index in [1.807, 2.05) is 0 Å². The Kier molecular flexibility index (Phi) is 3.60. The Balaban J connectivity index is 2.34. The van der Waals surface area contributed by atoms with Crippen molar-refractivity contribution in [3.63, 3.8) is 0 Å². The Bertz CT molecular complexity index is 136. The first-order valence-corrected chi connectivity index (χ1v) is 4.28. The fourth-order valence-electron chi connectivity index (χ4n) is 1.37. The molecule has 1 aliphatic heterocycles. The molecule has 1 atom stereocenters. The van der Waals surface area contributed by atoms with Crippen LogP contribution >= 0.6 is 0 Å². The summed E-state index contributed by atoms with van der Waals surface area (Å²) in [5, 5.41) is 0. The van der Waals surface area contributed by atoms with Crippen molar-refractivity contribution in [2.24, 2.45) is 11.7 Å². The molecular formula is C9H17NO. The van der Waals surface area contributed by atoms with E-state index in [9.17, 15) is 0 Å². The van der Waals surface area contributed by atoms with Crippen LogP contribution in [0, 0.1) is 5.92 Å². The smallest absolute Gasteiger partial charge is 0.0528 e. The minimum absolute atomic E-state index is 0.618. The Morgan fingerprint density at radius 2 is 2.55 bits per heavy atom. The highest BCUT2D eigenvalue weighted by Crippen LogP contribution is 2.15. The normalized spacial score (nSPS) is 27.1. The highest BCUT2D eigenvalue weighted by Gasteiger charge is 2.10. The Labute approximate surface area is 68.4 Å². The van der Waals surface area contributed by atoms with Crippen LogP contribution in [0.5, 0.6) is 0 Å².